The lowest BCUT2D eigenvalue weighted by atomic mass is 10.0. The number of fused-ring (bicyclic) bond motifs is 2. The van der Waals surface area contributed by atoms with Crippen LogP contribution in [0.25, 0.3) is 10.9 Å². The lowest BCUT2D eigenvalue weighted by molar-refractivity contribution is -0.121. The van der Waals surface area contributed by atoms with E-state index in [0.717, 1.165) is 59.3 Å². The van der Waals surface area contributed by atoms with Crippen molar-refractivity contribution < 1.29 is 13.9 Å². The van der Waals surface area contributed by atoms with Crippen LogP contribution < -0.4 is 5.32 Å². The molecule has 0 bridgehead atoms. The Morgan fingerprint density at radius 1 is 1.17 bits per heavy atom. The van der Waals surface area contributed by atoms with E-state index < -0.39 is 0 Å². The zero-order valence-electron chi connectivity index (χ0n) is 20.0. The maximum atomic E-state index is 13.6. The summed E-state index contributed by atoms with van der Waals surface area (Å²) in [6.07, 6.45) is 3.89. The summed E-state index contributed by atoms with van der Waals surface area (Å²) >= 11 is 0. The minimum Gasteiger partial charge on any atom is -0.365 e. The van der Waals surface area contributed by atoms with Crippen LogP contribution >= 0.6 is 0 Å². The highest BCUT2D eigenvalue weighted by atomic mass is 19.1. The van der Waals surface area contributed by atoms with Gasteiger partial charge in [0.1, 0.15) is 17.6 Å². The summed E-state index contributed by atoms with van der Waals surface area (Å²) in [5, 5.41) is 13.1. The number of amides is 1. The number of nitrogens with zero attached hydrogens (tertiary/aromatic N) is 4. The maximum absolute atomic E-state index is 13.6. The van der Waals surface area contributed by atoms with Crippen LogP contribution in [0.1, 0.15) is 41.5 Å². The second-order valence-electron chi connectivity index (χ2n) is 9.67. The number of hydrogen-bond donors (Lipinski definition) is 2. The first-order valence-corrected chi connectivity index (χ1v) is 12.5. The van der Waals surface area contributed by atoms with E-state index in [1.807, 2.05) is 41.2 Å². The lowest BCUT2D eigenvalue weighted by Crippen LogP contribution is -2.44. The van der Waals surface area contributed by atoms with Gasteiger partial charge >= 0.3 is 0 Å². The first kappa shape index (κ1) is 22.9. The number of aromatic amines is 1. The second-order valence-corrected chi connectivity index (χ2v) is 9.67. The lowest BCUT2D eigenvalue weighted by Gasteiger charge is -2.32. The highest BCUT2D eigenvalue weighted by Gasteiger charge is 2.27. The van der Waals surface area contributed by atoms with Crippen LogP contribution in [0.2, 0.25) is 0 Å². The van der Waals surface area contributed by atoms with Gasteiger partial charge in [0.05, 0.1) is 25.3 Å². The van der Waals surface area contributed by atoms with Crippen molar-refractivity contribution in [3.8, 4) is 0 Å². The standard InChI is InChI=1S/C27H29FN6O2/c28-20-5-3-4-18(12-20)26-16-34-25(17-36-26)24(31-32-34)15-33-10-8-21(9-11-33)30-27(35)13-19-14-29-23-7-2-1-6-22(19)23/h1-7,12,14,21,26,29H,8-11,13,15-17H2,(H,30,35). The average Bonchev–Trinajstić information content (AvgIpc) is 3.49. The molecule has 0 aliphatic carbocycles. The predicted octanol–water partition coefficient (Wildman–Crippen LogP) is 3.49. The van der Waals surface area contributed by atoms with E-state index in [9.17, 15) is 9.18 Å². The molecule has 9 heteroatoms. The molecule has 0 radical (unpaired) electrons. The van der Waals surface area contributed by atoms with E-state index in [4.69, 9.17) is 4.74 Å². The van der Waals surface area contributed by atoms with Gasteiger partial charge in [0.25, 0.3) is 0 Å². The van der Waals surface area contributed by atoms with Gasteiger partial charge in [-0.1, -0.05) is 35.5 Å². The summed E-state index contributed by atoms with van der Waals surface area (Å²) < 4.78 is 21.5. The molecular formula is C27H29FN6O2. The number of benzene rings is 2. The Kier molecular flexibility index (Phi) is 6.25. The van der Waals surface area contributed by atoms with Crippen molar-refractivity contribution in [1.82, 2.24) is 30.2 Å². The summed E-state index contributed by atoms with van der Waals surface area (Å²) in [5.41, 5.74) is 4.80. The monoisotopic (exact) mass is 488 g/mol. The number of rotatable bonds is 6. The number of carbonyl (C=O) groups is 1. The normalized spacial score (nSPS) is 18.9. The number of H-pyrrole nitrogens is 1. The van der Waals surface area contributed by atoms with Crippen LogP contribution in [0.5, 0.6) is 0 Å². The van der Waals surface area contributed by atoms with E-state index in [0.29, 0.717) is 26.1 Å². The van der Waals surface area contributed by atoms with Crippen molar-refractivity contribution in [2.75, 3.05) is 13.1 Å². The minimum absolute atomic E-state index is 0.0653. The van der Waals surface area contributed by atoms with Crippen LogP contribution in [0.3, 0.4) is 0 Å². The fourth-order valence-corrected chi connectivity index (χ4v) is 5.27. The number of likely N-dealkylation sites (tertiary alicyclic amines) is 1. The van der Waals surface area contributed by atoms with Crippen molar-refractivity contribution >= 4 is 16.8 Å². The molecule has 1 saturated heterocycles. The van der Waals surface area contributed by atoms with Crippen LogP contribution in [0.15, 0.2) is 54.7 Å². The third-order valence-corrected chi connectivity index (χ3v) is 7.25. The molecule has 8 nitrogen and oxygen atoms in total. The Hall–Kier alpha value is -3.56. The van der Waals surface area contributed by atoms with E-state index in [2.05, 4.69) is 25.5 Å². The van der Waals surface area contributed by atoms with Gasteiger partial charge in [0.2, 0.25) is 5.91 Å². The molecule has 4 heterocycles. The minimum atomic E-state index is -0.265. The zero-order chi connectivity index (χ0) is 24.5. The van der Waals surface area contributed by atoms with Gasteiger partial charge in [0.15, 0.2) is 0 Å². The summed E-state index contributed by atoms with van der Waals surface area (Å²) in [6, 6.07) is 14.8. The van der Waals surface area contributed by atoms with Crippen LogP contribution in [-0.4, -0.2) is 49.9 Å². The molecule has 1 unspecified atom stereocenters. The number of piperidine rings is 1. The van der Waals surface area contributed by atoms with Crippen LogP contribution in [0, 0.1) is 5.82 Å². The first-order valence-electron chi connectivity index (χ1n) is 12.5. The fraction of sp³-hybridized carbons (Fsp3) is 0.370. The van der Waals surface area contributed by atoms with Crippen molar-refractivity contribution in [1.29, 1.82) is 0 Å². The predicted molar refractivity (Wildman–Crippen MR) is 132 cm³/mol. The van der Waals surface area contributed by atoms with Crippen molar-refractivity contribution in [2.24, 2.45) is 0 Å². The molecule has 0 spiro atoms. The number of carbonyl (C=O) groups excluding carboxylic acids is 1. The van der Waals surface area contributed by atoms with E-state index in [1.54, 1.807) is 6.07 Å². The summed E-state index contributed by atoms with van der Waals surface area (Å²) in [7, 11) is 0. The topological polar surface area (TPSA) is 88.1 Å². The number of para-hydroxylation sites is 1. The molecule has 4 aromatic rings. The molecule has 1 fully saturated rings. The SMILES string of the molecule is O=C(Cc1c[nH]c2ccccc12)NC1CCN(Cc2nnn3c2COC(c2cccc(F)c2)C3)CC1. The smallest absolute Gasteiger partial charge is 0.224 e. The van der Waals surface area contributed by atoms with E-state index >= 15 is 0 Å². The van der Waals surface area contributed by atoms with Crippen molar-refractivity contribution in [2.45, 2.75) is 51.1 Å². The second kappa shape index (κ2) is 9.83. The third kappa shape index (κ3) is 4.76. The van der Waals surface area contributed by atoms with Gasteiger partial charge in [-0.15, -0.1) is 5.10 Å². The molecule has 186 valence electrons. The Balaban J connectivity index is 1.00. The molecule has 2 aliphatic heterocycles. The van der Waals surface area contributed by atoms with E-state index in [-0.39, 0.29) is 23.9 Å². The highest BCUT2D eigenvalue weighted by Crippen LogP contribution is 2.28. The molecule has 2 aromatic carbocycles. The van der Waals surface area contributed by atoms with Gasteiger partial charge in [-0.25, -0.2) is 9.07 Å². The van der Waals surface area contributed by atoms with Crippen LogP contribution in [0.4, 0.5) is 4.39 Å². The highest BCUT2D eigenvalue weighted by molar-refractivity contribution is 5.88. The number of halogens is 1. The molecule has 36 heavy (non-hydrogen) atoms. The first-order chi connectivity index (χ1) is 17.6. The Morgan fingerprint density at radius 2 is 2.03 bits per heavy atom. The molecule has 0 saturated carbocycles. The van der Waals surface area contributed by atoms with Crippen molar-refractivity contribution in [3.63, 3.8) is 0 Å². The molecule has 6 rings (SSSR count). The zero-order valence-corrected chi connectivity index (χ0v) is 20.0. The van der Waals surface area contributed by atoms with Crippen LogP contribution in [-0.2, 0) is 35.6 Å². The Morgan fingerprint density at radius 3 is 2.89 bits per heavy atom. The Labute approximate surface area is 208 Å². The molecule has 2 N–H and O–H groups in total. The third-order valence-electron chi connectivity index (χ3n) is 7.25. The maximum Gasteiger partial charge on any atom is 0.224 e. The molecule has 1 amide bonds. The summed E-state index contributed by atoms with van der Waals surface area (Å²) in [6.45, 7) is 3.41. The number of ether oxygens (including phenoxy) is 1. The molecular weight excluding hydrogens is 459 g/mol. The number of aromatic nitrogens is 4. The molecule has 1 atom stereocenters. The van der Waals surface area contributed by atoms with Gasteiger partial charge in [0, 0.05) is 42.8 Å². The molecule has 2 aliphatic rings. The fourth-order valence-electron chi connectivity index (χ4n) is 5.27. The quantitative estimate of drug-likeness (QED) is 0.434. The van der Waals surface area contributed by atoms with Crippen molar-refractivity contribution in [3.05, 3.63) is 83.1 Å². The summed E-state index contributed by atoms with van der Waals surface area (Å²) in [4.78, 5) is 18.3. The van der Waals surface area contributed by atoms with Gasteiger partial charge in [-0.3, -0.25) is 9.69 Å². The average molecular weight is 489 g/mol. The number of hydrogen-bond acceptors (Lipinski definition) is 5. The summed E-state index contributed by atoms with van der Waals surface area (Å²) in [5.74, 6) is -0.200. The molecule has 2 aromatic heterocycles. The van der Waals surface area contributed by atoms with E-state index in [1.165, 1.54) is 12.1 Å². The largest absolute Gasteiger partial charge is 0.365 e. The van der Waals surface area contributed by atoms with Gasteiger partial charge in [-0.05, 0) is 42.2 Å². The van der Waals surface area contributed by atoms with Gasteiger partial charge < -0.3 is 15.0 Å². The Bertz CT molecular complexity index is 1370. The number of nitrogens with one attached hydrogen (secondary N) is 2. The van der Waals surface area contributed by atoms with Gasteiger partial charge in [-0.2, -0.15) is 0 Å².